The highest BCUT2D eigenvalue weighted by atomic mass is 19.1. The third-order valence-electron chi connectivity index (χ3n) is 3.63. The minimum absolute atomic E-state index is 0.0444. The highest BCUT2D eigenvalue weighted by Crippen LogP contribution is 2.19. The molecule has 0 unspecified atom stereocenters. The third kappa shape index (κ3) is 3.53. The van der Waals surface area contributed by atoms with Gasteiger partial charge < -0.3 is 4.74 Å². The summed E-state index contributed by atoms with van der Waals surface area (Å²) in [7, 11) is 3.06. The number of ether oxygens (including phenoxy) is 1. The van der Waals surface area contributed by atoms with Crippen LogP contribution in [-0.2, 0) is 16.1 Å². The Morgan fingerprint density at radius 3 is 2.42 bits per heavy atom. The summed E-state index contributed by atoms with van der Waals surface area (Å²) >= 11 is 0. The van der Waals surface area contributed by atoms with Gasteiger partial charge >= 0.3 is 17.8 Å². The van der Waals surface area contributed by atoms with Crippen molar-refractivity contribution in [3.63, 3.8) is 0 Å². The molecule has 1 aromatic rings. The predicted octanol–water partition coefficient (Wildman–Crippen LogP) is 1.42. The van der Waals surface area contributed by atoms with Crippen molar-refractivity contribution in [1.82, 2.24) is 14.7 Å². The minimum atomic E-state index is -0.832. The number of benzene rings is 1. The number of nitrogens with zero attached hydrogens (tertiary/aromatic N) is 3. The van der Waals surface area contributed by atoms with Gasteiger partial charge in [-0.2, -0.15) is 0 Å². The Hall–Kier alpha value is -2.48. The highest BCUT2D eigenvalue weighted by Gasteiger charge is 2.44. The van der Waals surface area contributed by atoms with Gasteiger partial charge in [-0.3, -0.25) is 19.4 Å². The van der Waals surface area contributed by atoms with E-state index >= 15 is 0 Å². The van der Waals surface area contributed by atoms with Crippen LogP contribution in [0.1, 0.15) is 18.9 Å². The average molecular weight is 337 g/mol. The molecule has 8 heteroatoms. The molecule has 1 fully saturated rings. The van der Waals surface area contributed by atoms with Crippen molar-refractivity contribution in [2.75, 3.05) is 27.4 Å². The van der Waals surface area contributed by atoms with Crippen LogP contribution in [-0.4, -0.2) is 59.9 Å². The fourth-order valence-electron chi connectivity index (χ4n) is 2.51. The molecule has 1 aliphatic heterocycles. The number of methoxy groups -OCH3 is 1. The molecule has 1 aromatic carbocycles. The fourth-order valence-corrected chi connectivity index (χ4v) is 2.51. The molecule has 2 rings (SSSR count). The Balaban J connectivity index is 2.03. The SMILES string of the molecule is CCCN1C(=O)C(=O)N(CN(C)Cc2ccc(OC)c(F)c2)C1=O. The molecule has 0 aromatic heterocycles. The molecule has 0 spiro atoms. The van der Waals surface area contributed by atoms with Crippen LogP contribution >= 0.6 is 0 Å². The molecule has 0 atom stereocenters. The van der Waals surface area contributed by atoms with Gasteiger partial charge in [0.1, 0.15) is 0 Å². The van der Waals surface area contributed by atoms with Crippen LogP contribution in [0.3, 0.4) is 0 Å². The van der Waals surface area contributed by atoms with Gasteiger partial charge in [0.05, 0.1) is 13.8 Å². The second-order valence-electron chi connectivity index (χ2n) is 5.60. The van der Waals surface area contributed by atoms with Gasteiger partial charge in [-0.1, -0.05) is 13.0 Å². The van der Waals surface area contributed by atoms with E-state index in [1.54, 1.807) is 18.0 Å². The molecule has 1 aliphatic rings. The van der Waals surface area contributed by atoms with Crippen LogP contribution in [0.2, 0.25) is 0 Å². The van der Waals surface area contributed by atoms with Gasteiger partial charge in [-0.05, 0) is 31.2 Å². The van der Waals surface area contributed by atoms with Gasteiger partial charge in [0.15, 0.2) is 11.6 Å². The van der Waals surface area contributed by atoms with E-state index in [4.69, 9.17) is 4.74 Å². The van der Waals surface area contributed by atoms with Crippen LogP contribution in [0, 0.1) is 5.82 Å². The maximum atomic E-state index is 13.7. The fraction of sp³-hybridized carbons (Fsp3) is 0.438. The number of urea groups is 1. The zero-order valence-electron chi connectivity index (χ0n) is 13.9. The van der Waals surface area contributed by atoms with E-state index in [9.17, 15) is 18.8 Å². The number of carbonyl (C=O) groups is 3. The first-order valence-corrected chi connectivity index (χ1v) is 7.57. The number of hydrogen-bond donors (Lipinski definition) is 0. The van der Waals surface area contributed by atoms with Gasteiger partial charge in [0.25, 0.3) is 0 Å². The number of amides is 4. The summed E-state index contributed by atoms with van der Waals surface area (Å²) in [5.41, 5.74) is 0.659. The maximum Gasteiger partial charge on any atom is 0.335 e. The Morgan fingerprint density at radius 2 is 1.83 bits per heavy atom. The topological polar surface area (TPSA) is 70.2 Å². The van der Waals surface area contributed by atoms with Crippen LogP contribution in [0.25, 0.3) is 0 Å². The summed E-state index contributed by atoms with van der Waals surface area (Å²) in [6.45, 7) is 2.29. The predicted molar refractivity (Wildman–Crippen MR) is 83.5 cm³/mol. The molecular weight excluding hydrogens is 317 g/mol. The lowest BCUT2D eigenvalue weighted by atomic mass is 10.2. The third-order valence-corrected chi connectivity index (χ3v) is 3.63. The average Bonchev–Trinajstić information content (AvgIpc) is 2.73. The zero-order chi connectivity index (χ0) is 17.9. The molecule has 1 saturated heterocycles. The van der Waals surface area contributed by atoms with Crippen molar-refractivity contribution in [3.05, 3.63) is 29.6 Å². The minimum Gasteiger partial charge on any atom is -0.494 e. The smallest absolute Gasteiger partial charge is 0.335 e. The number of rotatable bonds is 7. The van der Waals surface area contributed by atoms with E-state index in [0.717, 1.165) is 9.80 Å². The lowest BCUT2D eigenvalue weighted by Crippen LogP contribution is -2.40. The molecule has 24 heavy (non-hydrogen) atoms. The van der Waals surface area contributed by atoms with Crippen LogP contribution < -0.4 is 4.74 Å². The number of halogens is 1. The molecule has 4 amide bonds. The number of imide groups is 2. The number of hydrogen-bond acceptors (Lipinski definition) is 5. The van der Waals surface area contributed by atoms with Crippen molar-refractivity contribution in [2.45, 2.75) is 19.9 Å². The summed E-state index contributed by atoms with van der Waals surface area (Å²) in [6.07, 6.45) is 0.583. The first-order valence-electron chi connectivity index (χ1n) is 7.57. The maximum absolute atomic E-state index is 13.7. The quantitative estimate of drug-likeness (QED) is 0.556. The van der Waals surface area contributed by atoms with E-state index in [0.29, 0.717) is 18.5 Å². The van der Waals surface area contributed by atoms with Crippen LogP contribution in [0.5, 0.6) is 5.75 Å². The van der Waals surface area contributed by atoms with Gasteiger partial charge in [0, 0.05) is 13.1 Å². The van der Waals surface area contributed by atoms with E-state index in [2.05, 4.69) is 0 Å². The van der Waals surface area contributed by atoms with Crippen LogP contribution in [0.15, 0.2) is 18.2 Å². The van der Waals surface area contributed by atoms with Crippen molar-refractivity contribution >= 4 is 17.8 Å². The summed E-state index contributed by atoms with van der Waals surface area (Å²) in [5.74, 6) is -1.97. The second kappa shape index (κ2) is 7.39. The summed E-state index contributed by atoms with van der Waals surface area (Å²) in [5, 5.41) is 0. The molecule has 0 aliphatic carbocycles. The molecule has 7 nitrogen and oxygen atoms in total. The molecule has 1 heterocycles. The molecule has 0 saturated carbocycles. The van der Waals surface area contributed by atoms with E-state index in [1.165, 1.54) is 19.2 Å². The van der Waals surface area contributed by atoms with Crippen molar-refractivity contribution in [2.24, 2.45) is 0 Å². The van der Waals surface area contributed by atoms with Gasteiger partial charge in [-0.25, -0.2) is 14.1 Å². The standard InChI is InChI=1S/C16H20FN3O4/c1-4-7-19-14(21)15(22)20(16(19)23)10-18(2)9-11-5-6-13(24-3)12(17)8-11/h5-6,8H,4,7,9-10H2,1-3H3. The summed E-state index contributed by atoms with van der Waals surface area (Å²) in [4.78, 5) is 39.4. The lowest BCUT2D eigenvalue weighted by molar-refractivity contribution is -0.143. The molecular formula is C16H20FN3O4. The Labute approximate surface area is 139 Å². The Bertz CT molecular complexity index is 665. The van der Waals surface area contributed by atoms with Crippen molar-refractivity contribution < 1.29 is 23.5 Å². The molecule has 130 valence electrons. The van der Waals surface area contributed by atoms with Crippen molar-refractivity contribution in [3.8, 4) is 5.75 Å². The van der Waals surface area contributed by atoms with E-state index < -0.39 is 23.7 Å². The Morgan fingerprint density at radius 1 is 1.17 bits per heavy atom. The van der Waals surface area contributed by atoms with Gasteiger partial charge in [-0.15, -0.1) is 0 Å². The first kappa shape index (κ1) is 17.9. The van der Waals surface area contributed by atoms with E-state index in [1.807, 2.05) is 6.92 Å². The summed E-state index contributed by atoms with van der Waals surface area (Å²) < 4.78 is 18.6. The van der Waals surface area contributed by atoms with E-state index in [-0.39, 0.29) is 19.0 Å². The van der Waals surface area contributed by atoms with Crippen LogP contribution in [0.4, 0.5) is 9.18 Å². The van der Waals surface area contributed by atoms with Gasteiger partial charge in [0.2, 0.25) is 0 Å². The summed E-state index contributed by atoms with van der Waals surface area (Å²) in [6, 6.07) is 3.93. The largest absolute Gasteiger partial charge is 0.494 e. The first-order chi connectivity index (χ1) is 11.4. The second-order valence-corrected chi connectivity index (χ2v) is 5.60. The molecule has 0 N–H and O–H groups in total. The zero-order valence-corrected chi connectivity index (χ0v) is 13.9. The number of carbonyl (C=O) groups excluding carboxylic acids is 3. The van der Waals surface area contributed by atoms with Crippen molar-refractivity contribution in [1.29, 1.82) is 0 Å². The Kier molecular flexibility index (Phi) is 5.50. The monoisotopic (exact) mass is 337 g/mol. The highest BCUT2D eigenvalue weighted by molar-refractivity contribution is 6.44. The molecule has 0 radical (unpaired) electrons. The lowest BCUT2D eigenvalue weighted by Gasteiger charge is -2.22. The molecule has 0 bridgehead atoms. The normalized spacial score (nSPS) is 15.0.